The maximum absolute atomic E-state index is 11.3. The fourth-order valence-electron chi connectivity index (χ4n) is 1.18. The molecule has 7 nitrogen and oxygen atoms in total. The van der Waals surface area contributed by atoms with E-state index in [2.05, 4.69) is 10.9 Å². The highest BCUT2D eigenvalue weighted by Crippen LogP contribution is 2.08. The molecule has 20 heavy (non-hydrogen) atoms. The Balaban J connectivity index is 2.11. The van der Waals surface area contributed by atoms with Crippen LogP contribution in [0.15, 0.2) is 30.3 Å². The molecule has 0 aliphatic rings. The first-order chi connectivity index (χ1) is 9.58. The first kappa shape index (κ1) is 15.5. The van der Waals surface area contributed by atoms with E-state index in [1.165, 1.54) is 6.92 Å². The van der Waals surface area contributed by atoms with Crippen LogP contribution < -0.4 is 15.6 Å². The molecule has 0 heterocycles. The van der Waals surface area contributed by atoms with Gasteiger partial charge in [-0.25, -0.2) is 0 Å². The summed E-state index contributed by atoms with van der Waals surface area (Å²) in [5, 5.41) is 0. The van der Waals surface area contributed by atoms with Gasteiger partial charge < -0.3 is 9.47 Å². The topological polar surface area (TPSA) is 93.7 Å². The smallest absolute Gasteiger partial charge is 0.309 e. The van der Waals surface area contributed by atoms with Gasteiger partial charge in [-0.05, 0) is 12.1 Å². The molecule has 0 unspecified atom stereocenters. The monoisotopic (exact) mass is 280 g/mol. The minimum absolute atomic E-state index is 0.0301. The van der Waals surface area contributed by atoms with Gasteiger partial charge in [0.1, 0.15) is 5.75 Å². The van der Waals surface area contributed by atoms with Gasteiger partial charge in [0.2, 0.25) is 5.91 Å². The highest BCUT2D eigenvalue weighted by atomic mass is 16.5. The zero-order valence-corrected chi connectivity index (χ0v) is 11.0. The molecule has 0 aromatic heterocycles. The molecule has 0 aliphatic heterocycles. The number of amides is 2. The molecular formula is C13H16N2O5. The second-order valence-electron chi connectivity index (χ2n) is 3.80. The number of carbonyl (C=O) groups is 3. The minimum atomic E-state index is -0.613. The van der Waals surface area contributed by atoms with Crippen molar-refractivity contribution in [3.05, 3.63) is 30.3 Å². The van der Waals surface area contributed by atoms with Gasteiger partial charge in [0.05, 0.1) is 13.0 Å². The van der Waals surface area contributed by atoms with E-state index in [1.807, 2.05) is 18.2 Å². The lowest BCUT2D eigenvalue weighted by Gasteiger charge is -2.07. The van der Waals surface area contributed by atoms with E-state index >= 15 is 0 Å². The highest BCUT2D eigenvalue weighted by molar-refractivity contribution is 5.83. The lowest BCUT2D eigenvalue weighted by Crippen LogP contribution is -2.42. The van der Waals surface area contributed by atoms with E-state index in [0.29, 0.717) is 5.75 Å². The van der Waals surface area contributed by atoms with Crippen LogP contribution in [0.25, 0.3) is 0 Å². The molecule has 0 saturated heterocycles. The second kappa shape index (κ2) is 8.52. The lowest BCUT2D eigenvalue weighted by atomic mass is 10.3. The molecule has 0 spiro atoms. The minimum Gasteiger partial charge on any atom is -0.493 e. The zero-order chi connectivity index (χ0) is 14.8. The summed E-state index contributed by atoms with van der Waals surface area (Å²) in [6.45, 7) is 0.952. The molecule has 0 bridgehead atoms. The Kier molecular flexibility index (Phi) is 6.60. The molecule has 1 rings (SSSR count). The van der Waals surface area contributed by atoms with Gasteiger partial charge in [-0.1, -0.05) is 18.2 Å². The third-order valence-electron chi connectivity index (χ3n) is 2.06. The van der Waals surface area contributed by atoms with E-state index in [9.17, 15) is 14.4 Å². The van der Waals surface area contributed by atoms with Crippen molar-refractivity contribution in [2.45, 2.75) is 13.3 Å². The summed E-state index contributed by atoms with van der Waals surface area (Å²) in [5.41, 5.74) is 4.15. The molecule has 2 amide bonds. The van der Waals surface area contributed by atoms with Gasteiger partial charge >= 0.3 is 5.97 Å². The number of ether oxygens (including phenoxy) is 2. The maximum Gasteiger partial charge on any atom is 0.309 e. The van der Waals surface area contributed by atoms with Crippen LogP contribution in [-0.4, -0.2) is 31.0 Å². The highest BCUT2D eigenvalue weighted by Gasteiger charge is 2.07. The Morgan fingerprint density at radius 1 is 1.10 bits per heavy atom. The summed E-state index contributed by atoms with van der Waals surface area (Å²) in [6, 6.07) is 9.03. The van der Waals surface area contributed by atoms with Crippen molar-refractivity contribution in [1.29, 1.82) is 0 Å². The van der Waals surface area contributed by atoms with Crippen LogP contribution in [-0.2, 0) is 19.1 Å². The quantitative estimate of drug-likeness (QED) is 0.572. The van der Waals surface area contributed by atoms with Gasteiger partial charge in [-0.2, -0.15) is 0 Å². The molecule has 1 aromatic carbocycles. The first-order valence-corrected chi connectivity index (χ1v) is 5.97. The largest absolute Gasteiger partial charge is 0.493 e. The zero-order valence-electron chi connectivity index (χ0n) is 11.0. The van der Waals surface area contributed by atoms with Crippen molar-refractivity contribution >= 4 is 17.8 Å². The number of hydrogen-bond acceptors (Lipinski definition) is 5. The number of para-hydroxylation sites is 1. The van der Waals surface area contributed by atoms with Gasteiger partial charge in [0.15, 0.2) is 6.61 Å². The van der Waals surface area contributed by atoms with Crippen molar-refractivity contribution in [3.63, 3.8) is 0 Å². The molecule has 2 N–H and O–H groups in total. The number of hydrogen-bond donors (Lipinski definition) is 2. The number of hydrazine groups is 1. The van der Waals surface area contributed by atoms with Gasteiger partial charge in [-0.3, -0.25) is 25.2 Å². The third kappa shape index (κ3) is 7.00. The summed E-state index contributed by atoms with van der Waals surface area (Å²) in [5.74, 6) is -0.930. The number of nitrogens with one attached hydrogen (secondary N) is 2. The van der Waals surface area contributed by atoms with E-state index in [4.69, 9.17) is 9.47 Å². The van der Waals surface area contributed by atoms with Crippen molar-refractivity contribution < 1.29 is 23.9 Å². The predicted molar refractivity (Wildman–Crippen MR) is 69.5 cm³/mol. The molecule has 1 aromatic rings. The van der Waals surface area contributed by atoms with Gasteiger partial charge in [-0.15, -0.1) is 0 Å². The van der Waals surface area contributed by atoms with E-state index < -0.39 is 24.4 Å². The first-order valence-electron chi connectivity index (χ1n) is 5.97. The van der Waals surface area contributed by atoms with Crippen molar-refractivity contribution in [2.75, 3.05) is 13.2 Å². The average Bonchev–Trinajstić information content (AvgIpc) is 2.44. The molecule has 108 valence electrons. The summed E-state index contributed by atoms with van der Waals surface area (Å²) in [6.07, 6.45) is 0.0301. The Hall–Kier alpha value is -2.57. The van der Waals surface area contributed by atoms with Crippen LogP contribution in [0, 0.1) is 0 Å². The fourth-order valence-corrected chi connectivity index (χ4v) is 1.18. The summed E-state index contributed by atoms with van der Waals surface area (Å²) < 4.78 is 10.00. The van der Waals surface area contributed by atoms with Crippen molar-refractivity contribution in [3.8, 4) is 5.75 Å². The Bertz CT molecular complexity index is 461. The van der Waals surface area contributed by atoms with Crippen molar-refractivity contribution in [2.24, 2.45) is 0 Å². The van der Waals surface area contributed by atoms with Gasteiger partial charge in [0, 0.05) is 6.92 Å². The van der Waals surface area contributed by atoms with Gasteiger partial charge in [0.25, 0.3) is 5.91 Å². The third-order valence-corrected chi connectivity index (χ3v) is 2.06. The normalized spacial score (nSPS) is 9.45. The molecule has 0 atom stereocenters. The number of rotatable bonds is 6. The molecule has 0 radical (unpaired) electrons. The predicted octanol–water partition coefficient (Wildman–Crippen LogP) is 0.166. The average molecular weight is 280 g/mol. The van der Waals surface area contributed by atoms with Crippen LogP contribution in [0.1, 0.15) is 13.3 Å². The Labute approximate surface area is 116 Å². The summed E-state index contributed by atoms with van der Waals surface area (Å²) >= 11 is 0. The number of benzene rings is 1. The Morgan fingerprint density at radius 3 is 2.45 bits per heavy atom. The van der Waals surface area contributed by atoms with E-state index in [0.717, 1.165) is 0 Å². The molecule has 0 saturated carbocycles. The molecule has 0 aliphatic carbocycles. The number of esters is 1. The standard InChI is InChI=1S/C13H16N2O5/c1-10(16)14-15-12(17)9-20-13(18)7-8-19-11-5-3-2-4-6-11/h2-6H,7-9H2,1H3,(H,14,16)(H,15,17). The van der Waals surface area contributed by atoms with Crippen LogP contribution in [0.3, 0.4) is 0 Å². The SMILES string of the molecule is CC(=O)NNC(=O)COC(=O)CCOc1ccccc1. The number of carbonyl (C=O) groups excluding carboxylic acids is 3. The van der Waals surface area contributed by atoms with Crippen molar-refractivity contribution in [1.82, 2.24) is 10.9 Å². The Morgan fingerprint density at radius 2 is 1.80 bits per heavy atom. The van der Waals surface area contributed by atoms with Crippen LogP contribution >= 0.6 is 0 Å². The molecule has 7 heteroatoms. The van der Waals surface area contributed by atoms with Crippen LogP contribution in [0.4, 0.5) is 0 Å². The maximum atomic E-state index is 11.3. The fraction of sp³-hybridized carbons (Fsp3) is 0.308. The van der Waals surface area contributed by atoms with Crippen LogP contribution in [0.5, 0.6) is 5.75 Å². The second-order valence-corrected chi connectivity index (χ2v) is 3.80. The summed E-state index contributed by atoms with van der Waals surface area (Å²) in [7, 11) is 0. The van der Waals surface area contributed by atoms with E-state index in [-0.39, 0.29) is 13.0 Å². The van der Waals surface area contributed by atoms with Crippen LogP contribution in [0.2, 0.25) is 0 Å². The lowest BCUT2D eigenvalue weighted by molar-refractivity contribution is -0.149. The molecule has 0 fully saturated rings. The molecular weight excluding hydrogens is 264 g/mol. The van der Waals surface area contributed by atoms with E-state index in [1.54, 1.807) is 12.1 Å². The summed E-state index contributed by atoms with van der Waals surface area (Å²) in [4.78, 5) is 32.9.